The summed E-state index contributed by atoms with van der Waals surface area (Å²) in [5.41, 5.74) is 5.41. The number of nitrogens with one attached hydrogen (secondary N) is 1. The zero-order valence-corrected chi connectivity index (χ0v) is 13.7. The molecule has 0 aliphatic rings. The van der Waals surface area contributed by atoms with E-state index in [1.807, 2.05) is 12.1 Å². The van der Waals surface area contributed by atoms with Gasteiger partial charge in [0.2, 0.25) is 0 Å². The number of aromatic nitrogens is 2. The number of hydrogen-bond acceptors (Lipinski definition) is 2. The van der Waals surface area contributed by atoms with Gasteiger partial charge in [0, 0.05) is 16.8 Å². The molecule has 4 rings (SSSR count). The summed E-state index contributed by atoms with van der Waals surface area (Å²) in [6.07, 6.45) is 0. The van der Waals surface area contributed by atoms with Gasteiger partial charge >= 0.3 is 0 Å². The molecule has 0 saturated carbocycles. The Labute approximate surface area is 140 Å². The van der Waals surface area contributed by atoms with Crippen LogP contribution < -0.4 is 4.74 Å². The van der Waals surface area contributed by atoms with Crippen molar-refractivity contribution < 1.29 is 4.74 Å². The van der Waals surface area contributed by atoms with E-state index in [1.54, 1.807) is 7.11 Å². The van der Waals surface area contributed by atoms with E-state index >= 15 is 0 Å². The summed E-state index contributed by atoms with van der Waals surface area (Å²) in [5, 5.41) is 10.1. The van der Waals surface area contributed by atoms with Gasteiger partial charge in [0.1, 0.15) is 11.4 Å². The highest BCUT2D eigenvalue weighted by Crippen LogP contribution is 2.34. The molecule has 4 aromatic rings. The zero-order valence-electron chi connectivity index (χ0n) is 13.7. The number of hydrogen-bond donors (Lipinski definition) is 1. The fraction of sp³-hybridized carbons (Fsp3) is 0.0952. The first-order chi connectivity index (χ1) is 11.8. The van der Waals surface area contributed by atoms with Gasteiger partial charge in [-0.1, -0.05) is 48.5 Å². The SMILES string of the molecule is COc1ccc(-c2c(-c3ccc4ccccc4c3)n[nH]c2C)cc1. The molecule has 0 radical (unpaired) electrons. The first kappa shape index (κ1) is 14.5. The molecule has 3 aromatic carbocycles. The molecule has 118 valence electrons. The van der Waals surface area contributed by atoms with Crippen molar-refractivity contribution in [3.8, 4) is 28.1 Å². The van der Waals surface area contributed by atoms with Crippen LogP contribution in [-0.4, -0.2) is 17.3 Å². The molecule has 0 aliphatic carbocycles. The summed E-state index contributed by atoms with van der Waals surface area (Å²) in [4.78, 5) is 0. The maximum atomic E-state index is 5.26. The molecule has 0 amide bonds. The summed E-state index contributed by atoms with van der Waals surface area (Å²) in [6, 6.07) is 22.9. The fourth-order valence-corrected chi connectivity index (χ4v) is 3.09. The van der Waals surface area contributed by atoms with E-state index in [-0.39, 0.29) is 0 Å². The Morgan fingerprint density at radius 2 is 1.54 bits per heavy atom. The molecule has 1 heterocycles. The molecule has 24 heavy (non-hydrogen) atoms. The number of fused-ring (bicyclic) bond motifs is 1. The number of methoxy groups -OCH3 is 1. The summed E-state index contributed by atoms with van der Waals surface area (Å²) < 4.78 is 5.26. The Kier molecular flexibility index (Phi) is 3.54. The average molecular weight is 314 g/mol. The Morgan fingerprint density at radius 3 is 2.29 bits per heavy atom. The van der Waals surface area contributed by atoms with Crippen LogP contribution in [0.15, 0.2) is 66.7 Å². The highest BCUT2D eigenvalue weighted by atomic mass is 16.5. The Balaban J connectivity index is 1.86. The number of nitrogens with zero attached hydrogens (tertiary/aromatic N) is 1. The number of aromatic amines is 1. The van der Waals surface area contributed by atoms with Crippen molar-refractivity contribution >= 4 is 10.8 Å². The molecular formula is C21H18N2O. The van der Waals surface area contributed by atoms with E-state index in [4.69, 9.17) is 4.74 Å². The van der Waals surface area contributed by atoms with Gasteiger partial charge in [-0.05, 0) is 41.5 Å². The predicted octanol–water partition coefficient (Wildman–Crippen LogP) is 5.21. The molecule has 0 aliphatic heterocycles. The van der Waals surface area contributed by atoms with Crippen LogP contribution in [0.3, 0.4) is 0 Å². The highest BCUT2D eigenvalue weighted by molar-refractivity contribution is 5.90. The molecule has 3 nitrogen and oxygen atoms in total. The van der Waals surface area contributed by atoms with Gasteiger partial charge in [-0.25, -0.2) is 0 Å². The second-order valence-electron chi connectivity index (χ2n) is 5.86. The third kappa shape index (κ3) is 2.44. The third-order valence-electron chi connectivity index (χ3n) is 4.35. The van der Waals surface area contributed by atoms with Gasteiger partial charge in [0.15, 0.2) is 0 Å². The quantitative estimate of drug-likeness (QED) is 0.563. The van der Waals surface area contributed by atoms with E-state index in [0.29, 0.717) is 0 Å². The number of benzene rings is 3. The zero-order chi connectivity index (χ0) is 16.5. The molecule has 1 N–H and O–H groups in total. The van der Waals surface area contributed by atoms with Crippen LogP contribution in [0.1, 0.15) is 5.69 Å². The van der Waals surface area contributed by atoms with Gasteiger partial charge in [0.05, 0.1) is 7.11 Å². The van der Waals surface area contributed by atoms with Crippen molar-refractivity contribution in [1.82, 2.24) is 10.2 Å². The van der Waals surface area contributed by atoms with Gasteiger partial charge in [-0.2, -0.15) is 5.10 Å². The summed E-state index contributed by atoms with van der Waals surface area (Å²) in [6.45, 7) is 2.05. The van der Waals surface area contributed by atoms with E-state index in [2.05, 4.69) is 71.7 Å². The number of rotatable bonds is 3. The molecule has 0 fully saturated rings. The maximum absolute atomic E-state index is 5.26. The lowest BCUT2D eigenvalue weighted by Crippen LogP contribution is -1.86. The minimum Gasteiger partial charge on any atom is -0.497 e. The maximum Gasteiger partial charge on any atom is 0.118 e. The van der Waals surface area contributed by atoms with Crippen LogP contribution in [0, 0.1) is 6.92 Å². The smallest absolute Gasteiger partial charge is 0.118 e. The van der Waals surface area contributed by atoms with Gasteiger partial charge in [-0.3, -0.25) is 5.10 Å². The number of aryl methyl sites for hydroxylation is 1. The Hall–Kier alpha value is -3.07. The summed E-state index contributed by atoms with van der Waals surface area (Å²) >= 11 is 0. The monoisotopic (exact) mass is 314 g/mol. The fourth-order valence-electron chi connectivity index (χ4n) is 3.09. The van der Waals surface area contributed by atoms with Gasteiger partial charge in [0.25, 0.3) is 0 Å². The first-order valence-electron chi connectivity index (χ1n) is 7.95. The van der Waals surface area contributed by atoms with Crippen molar-refractivity contribution in [2.45, 2.75) is 6.92 Å². The van der Waals surface area contributed by atoms with Gasteiger partial charge in [-0.15, -0.1) is 0 Å². The molecule has 0 spiro atoms. The Bertz CT molecular complexity index is 1000. The molecule has 0 bridgehead atoms. The van der Waals surface area contributed by atoms with E-state index in [9.17, 15) is 0 Å². The van der Waals surface area contributed by atoms with E-state index < -0.39 is 0 Å². The van der Waals surface area contributed by atoms with Crippen LogP contribution in [0.25, 0.3) is 33.2 Å². The normalized spacial score (nSPS) is 10.9. The lowest BCUT2D eigenvalue weighted by atomic mass is 9.97. The second-order valence-corrected chi connectivity index (χ2v) is 5.86. The van der Waals surface area contributed by atoms with E-state index in [0.717, 1.165) is 33.8 Å². The van der Waals surface area contributed by atoms with Crippen LogP contribution >= 0.6 is 0 Å². The minimum absolute atomic E-state index is 0.854. The van der Waals surface area contributed by atoms with Crippen LogP contribution in [0.5, 0.6) is 5.75 Å². The highest BCUT2D eigenvalue weighted by Gasteiger charge is 2.14. The van der Waals surface area contributed by atoms with Crippen LogP contribution in [0.4, 0.5) is 0 Å². The summed E-state index contributed by atoms with van der Waals surface area (Å²) in [7, 11) is 1.68. The molecule has 0 saturated heterocycles. The van der Waals surface area contributed by atoms with Crippen LogP contribution in [-0.2, 0) is 0 Å². The van der Waals surface area contributed by atoms with Crippen molar-refractivity contribution in [3.63, 3.8) is 0 Å². The van der Waals surface area contributed by atoms with Crippen molar-refractivity contribution in [1.29, 1.82) is 0 Å². The van der Waals surface area contributed by atoms with Crippen molar-refractivity contribution in [2.75, 3.05) is 7.11 Å². The molecule has 0 atom stereocenters. The molecule has 3 heteroatoms. The predicted molar refractivity (Wildman–Crippen MR) is 98.3 cm³/mol. The third-order valence-corrected chi connectivity index (χ3v) is 4.35. The lowest BCUT2D eigenvalue weighted by Gasteiger charge is -2.07. The average Bonchev–Trinajstić information content (AvgIpc) is 3.03. The van der Waals surface area contributed by atoms with Crippen molar-refractivity contribution in [3.05, 3.63) is 72.4 Å². The number of H-pyrrole nitrogens is 1. The first-order valence-corrected chi connectivity index (χ1v) is 7.95. The van der Waals surface area contributed by atoms with Crippen molar-refractivity contribution in [2.24, 2.45) is 0 Å². The second kappa shape index (κ2) is 5.85. The topological polar surface area (TPSA) is 37.9 Å². The largest absolute Gasteiger partial charge is 0.497 e. The Morgan fingerprint density at radius 1 is 0.833 bits per heavy atom. The molecule has 0 unspecified atom stereocenters. The molecule has 1 aromatic heterocycles. The summed E-state index contributed by atoms with van der Waals surface area (Å²) in [5.74, 6) is 0.854. The van der Waals surface area contributed by atoms with E-state index in [1.165, 1.54) is 10.8 Å². The number of ether oxygens (including phenoxy) is 1. The standard InChI is InChI=1S/C21H18N2O/c1-14-20(16-9-11-19(24-2)12-10-16)21(23-22-14)18-8-7-15-5-3-4-6-17(15)13-18/h3-13H,1-2H3,(H,22,23). The minimum atomic E-state index is 0.854. The lowest BCUT2D eigenvalue weighted by molar-refractivity contribution is 0.415. The van der Waals surface area contributed by atoms with Gasteiger partial charge < -0.3 is 4.74 Å². The molecular weight excluding hydrogens is 296 g/mol. The van der Waals surface area contributed by atoms with Crippen LogP contribution in [0.2, 0.25) is 0 Å².